The van der Waals surface area contributed by atoms with Crippen LogP contribution in [0.15, 0.2) is 0 Å². The van der Waals surface area contributed by atoms with Gasteiger partial charge in [-0.05, 0) is 0 Å². The summed E-state index contributed by atoms with van der Waals surface area (Å²) in [5.41, 5.74) is 0. The van der Waals surface area contributed by atoms with Crippen molar-refractivity contribution in [1.29, 1.82) is 0 Å². The van der Waals surface area contributed by atoms with Gasteiger partial charge in [0.1, 0.15) is 0 Å². The van der Waals surface area contributed by atoms with Gasteiger partial charge < -0.3 is 0 Å². The van der Waals surface area contributed by atoms with Gasteiger partial charge in [0.2, 0.25) is 0 Å². The SMILES string of the molecule is CCCCC(C#CCOC1CCCCO1)CC[CH2][InH2]. The fourth-order valence-corrected chi connectivity index (χ4v) is 3.52. The zero-order valence-electron chi connectivity index (χ0n) is 12.7. The molecule has 1 saturated heterocycles. The average Bonchev–Trinajstić information content (AvgIpc) is 2.46. The molecule has 1 aliphatic rings. The van der Waals surface area contributed by atoms with Crippen molar-refractivity contribution >= 4 is 24.4 Å². The summed E-state index contributed by atoms with van der Waals surface area (Å²) in [6.07, 6.45) is 9.94. The fraction of sp³-hybridized carbons (Fsp3) is 0.875. The van der Waals surface area contributed by atoms with Crippen LogP contribution in [0.5, 0.6) is 0 Å². The topological polar surface area (TPSA) is 18.5 Å². The van der Waals surface area contributed by atoms with Crippen molar-refractivity contribution in [3.63, 3.8) is 0 Å². The van der Waals surface area contributed by atoms with Crippen molar-refractivity contribution in [2.45, 2.75) is 68.8 Å². The van der Waals surface area contributed by atoms with Gasteiger partial charge in [0.05, 0.1) is 0 Å². The fourth-order valence-electron chi connectivity index (χ4n) is 2.35. The molecular weight excluding hydrogens is 339 g/mol. The van der Waals surface area contributed by atoms with Crippen molar-refractivity contribution in [2.24, 2.45) is 5.92 Å². The summed E-state index contributed by atoms with van der Waals surface area (Å²) >= 11 is 0.848. The zero-order chi connectivity index (χ0) is 13.8. The third-order valence-corrected chi connectivity index (χ3v) is 5.62. The molecule has 0 aliphatic carbocycles. The molecule has 0 N–H and O–H groups in total. The maximum absolute atomic E-state index is 5.66. The Morgan fingerprint density at radius 1 is 1.32 bits per heavy atom. The molecule has 0 bridgehead atoms. The number of rotatable bonds is 8. The molecule has 1 fully saturated rings. The van der Waals surface area contributed by atoms with E-state index in [0.29, 0.717) is 12.5 Å². The van der Waals surface area contributed by atoms with Crippen molar-refractivity contribution in [2.75, 3.05) is 13.2 Å². The minimum absolute atomic E-state index is 0.00172. The molecule has 2 atom stereocenters. The Hall–Kier alpha value is 0.350. The van der Waals surface area contributed by atoms with E-state index >= 15 is 0 Å². The summed E-state index contributed by atoms with van der Waals surface area (Å²) in [4.78, 5) is 0. The second kappa shape index (κ2) is 12.1. The molecule has 2 unspecified atom stereocenters. The van der Waals surface area contributed by atoms with E-state index in [2.05, 4.69) is 18.8 Å². The molecule has 19 heavy (non-hydrogen) atoms. The number of ether oxygens (including phenoxy) is 2. The predicted octanol–water partition coefficient (Wildman–Crippen LogP) is 3.17. The van der Waals surface area contributed by atoms with Gasteiger partial charge in [-0.1, -0.05) is 0 Å². The Morgan fingerprint density at radius 2 is 2.16 bits per heavy atom. The Kier molecular flexibility index (Phi) is 11.1. The van der Waals surface area contributed by atoms with E-state index in [9.17, 15) is 0 Å². The molecule has 0 saturated carbocycles. The minimum atomic E-state index is 0.00172. The summed E-state index contributed by atoms with van der Waals surface area (Å²) in [6.45, 7) is 3.64. The van der Waals surface area contributed by atoms with Crippen molar-refractivity contribution < 1.29 is 9.47 Å². The van der Waals surface area contributed by atoms with Gasteiger partial charge in [0.15, 0.2) is 0 Å². The van der Waals surface area contributed by atoms with E-state index in [0.717, 1.165) is 37.4 Å². The van der Waals surface area contributed by atoms with Gasteiger partial charge >= 0.3 is 134 Å². The third kappa shape index (κ3) is 9.00. The van der Waals surface area contributed by atoms with Gasteiger partial charge in [0.25, 0.3) is 0 Å². The van der Waals surface area contributed by atoms with Crippen LogP contribution in [0.4, 0.5) is 0 Å². The average molecular weight is 368 g/mol. The van der Waals surface area contributed by atoms with Gasteiger partial charge in [-0.25, -0.2) is 0 Å². The first-order chi connectivity index (χ1) is 9.36. The van der Waals surface area contributed by atoms with Crippen LogP contribution in [0.3, 0.4) is 0 Å². The first-order valence-electron chi connectivity index (χ1n) is 8.08. The van der Waals surface area contributed by atoms with E-state index in [1.807, 2.05) is 0 Å². The molecule has 1 rings (SSSR count). The summed E-state index contributed by atoms with van der Waals surface area (Å²) in [5.74, 6) is 7.24. The van der Waals surface area contributed by atoms with Crippen LogP contribution in [0.1, 0.15) is 58.3 Å². The summed E-state index contributed by atoms with van der Waals surface area (Å²) < 4.78 is 12.7. The third-order valence-electron chi connectivity index (χ3n) is 3.60. The number of hydrogen-bond donors (Lipinski definition) is 0. The Bertz CT molecular complexity index is 256. The summed E-state index contributed by atoms with van der Waals surface area (Å²) in [5, 5.41) is 0. The summed E-state index contributed by atoms with van der Waals surface area (Å²) in [6, 6.07) is 0. The van der Waals surface area contributed by atoms with Gasteiger partial charge in [-0.15, -0.1) is 0 Å². The van der Waals surface area contributed by atoms with Crippen LogP contribution in [0.25, 0.3) is 0 Å². The van der Waals surface area contributed by atoms with Gasteiger partial charge in [0, 0.05) is 0 Å². The quantitative estimate of drug-likeness (QED) is 0.613. The molecule has 0 radical (unpaired) electrons. The molecule has 1 heterocycles. The zero-order valence-corrected chi connectivity index (χ0v) is 18.5. The molecule has 3 heteroatoms. The maximum atomic E-state index is 5.66. The van der Waals surface area contributed by atoms with E-state index in [1.54, 1.807) is 0 Å². The Morgan fingerprint density at radius 3 is 2.84 bits per heavy atom. The van der Waals surface area contributed by atoms with Crippen LogP contribution in [-0.2, 0) is 9.47 Å². The normalized spacial score (nSPS) is 20.6. The first kappa shape index (κ1) is 17.4. The molecule has 1 aliphatic heterocycles. The number of hydrogen-bond acceptors (Lipinski definition) is 2. The molecule has 0 spiro atoms. The van der Waals surface area contributed by atoms with E-state index < -0.39 is 0 Å². The second-order valence-electron chi connectivity index (χ2n) is 5.41. The van der Waals surface area contributed by atoms with Crippen LogP contribution in [0.2, 0.25) is 4.18 Å². The molecule has 0 aromatic heterocycles. The molecule has 0 aromatic carbocycles. The number of unbranched alkanes of at least 4 members (excludes halogenated alkanes) is 1. The monoisotopic (exact) mass is 368 g/mol. The molecule has 0 amide bonds. The van der Waals surface area contributed by atoms with Crippen LogP contribution >= 0.6 is 0 Å². The molecule has 108 valence electrons. The van der Waals surface area contributed by atoms with Crippen molar-refractivity contribution in [3.05, 3.63) is 0 Å². The predicted molar refractivity (Wildman–Crippen MR) is 82.9 cm³/mol. The second-order valence-corrected chi connectivity index (χ2v) is 8.26. The van der Waals surface area contributed by atoms with E-state index in [-0.39, 0.29) is 6.29 Å². The summed E-state index contributed by atoms with van der Waals surface area (Å²) in [7, 11) is 0. The van der Waals surface area contributed by atoms with Gasteiger partial charge in [-0.3, -0.25) is 0 Å². The standard InChI is InChI=1S/C16H27O2.In.2H/c1-3-5-10-15(9-4-2)11-8-14-18-16-12-6-7-13-17-16;;;/h15-16H,2-7,9-10,12-14H2,1H3;;;. The Balaban J connectivity index is 2.21. The van der Waals surface area contributed by atoms with Crippen LogP contribution in [-0.4, -0.2) is 43.9 Å². The van der Waals surface area contributed by atoms with Crippen LogP contribution in [0, 0.1) is 17.8 Å². The Labute approximate surface area is 133 Å². The van der Waals surface area contributed by atoms with E-state index in [4.69, 9.17) is 9.47 Å². The van der Waals surface area contributed by atoms with E-state index in [1.165, 1.54) is 49.1 Å². The molecular formula is C16H29InO2. The van der Waals surface area contributed by atoms with Crippen molar-refractivity contribution in [3.8, 4) is 11.8 Å². The van der Waals surface area contributed by atoms with Crippen LogP contribution < -0.4 is 0 Å². The van der Waals surface area contributed by atoms with Gasteiger partial charge in [-0.2, -0.15) is 0 Å². The van der Waals surface area contributed by atoms with Crippen molar-refractivity contribution in [1.82, 2.24) is 0 Å². The first-order valence-corrected chi connectivity index (χ1v) is 12.1. The molecule has 2 nitrogen and oxygen atoms in total. The molecule has 0 aromatic rings.